The lowest BCUT2D eigenvalue weighted by Gasteiger charge is -2.44. The fraction of sp³-hybridized carbons (Fsp3) is 0.900. The van der Waals surface area contributed by atoms with Crippen LogP contribution < -0.4 is 0 Å². The normalized spacial score (nSPS) is 17.9. The third-order valence-electron chi connectivity index (χ3n) is 15.2. The Labute approximate surface area is 391 Å². The van der Waals surface area contributed by atoms with E-state index in [9.17, 15) is 5.11 Å². The van der Waals surface area contributed by atoms with E-state index in [1.54, 1.807) is 0 Å². The molecular formula is C50H106O7Si5. The predicted octanol–water partition coefficient (Wildman–Crippen LogP) is 15.5. The molecule has 0 amide bonds. The van der Waals surface area contributed by atoms with Crippen molar-refractivity contribution in [3.8, 4) is 0 Å². The zero-order valence-corrected chi connectivity index (χ0v) is 50.3. The second kappa shape index (κ2) is 27.1. The molecule has 0 heterocycles. The Kier molecular flexibility index (Phi) is 27.1. The number of carbonyl (C=O) groups excluding carboxylic acids is 1. The van der Waals surface area contributed by atoms with Crippen LogP contribution in [0.5, 0.6) is 0 Å². The Morgan fingerprint density at radius 3 is 1.56 bits per heavy atom. The lowest BCUT2D eigenvalue weighted by molar-refractivity contribution is -0.135. The SMILES string of the molecule is C=C(/C=C(\C)[C@@](C)(C[C@H](O)CC(=O)[C@H](O[Si](CC)(CC)CC)[C@@H](O[Si](CC)(CC)CC)[C@H](C)C[C@H](C)O[Si](C)(C)C)O[Si](CC)(CC)CC)C[C@@H](C)CCO[Si](C)(C)C(C)(C)C. The van der Waals surface area contributed by atoms with Crippen LogP contribution in [0.2, 0.25) is 92.2 Å². The average Bonchev–Trinajstić information content (AvgIpc) is 3.17. The minimum atomic E-state index is -2.29. The summed E-state index contributed by atoms with van der Waals surface area (Å²) in [5.74, 6) is 0.401. The van der Waals surface area contributed by atoms with Crippen molar-refractivity contribution in [2.24, 2.45) is 11.8 Å². The van der Waals surface area contributed by atoms with Gasteiger partial charge in [0.05, 0.1) is 17.8 Å². The predicted molar refractivity (Wildman–Crippen MR) is 283 cm³/mol. The molecule has 0 radical (unpaired) electrons. The molecule has 0 aromatic heterocycles. The van der Waals surface area contributed by atoms with Gasteiger partial charge in [-0.15, -0.1) is 0 Å². The molecule has 0 aliphatic heterocycles. The molecule has 0 aliphatic carbocycles. The molecule has 0 rings (SSSR count). The van der Waals surface area contributed by atoms with Crippen molar-refractivity contribution in [1.82, 2.24) is 0 Å². The summed E-state index contributed by atoms with van der Waals surface area (Å²) >= 11 is 0. The minimum absolute atomic E-state index is 0.00384. The molecular weight excluding hydrogens is 853 g/mol. The van der Waals surface area contributed by atoms with Gasteiger partial charge in [0.1, 0.15) is 6.10 Å². The monoisotopic (exact) mass is 959 g/mol. The standard InChI is InChI=1S/C50H106O7Si5/c1-24-60(25-2,26-3)55-47(42(12)37-44(14)54-58(19,20)21)48(56-61(27-4,28-5)29-6)46(52)38-45(51)39-50(18,57-62(30-7,31-8)32-9)43(13)36-41(11)35-40(10)33-34-53-59(22,23)49(15,16)17/h36,40,42,44-45,47-48,51H,11,24-35,37-39H2,1-10,12-23H3/b43-36+/t40-,42+,44-,45+,47-,48-,50+/m0/s1. The van der Waals surface area contributed by atoms with Crippen LogP contribution >= 0.6 is 0 Å². The molecule has 12 heteroatoms. The number of hydrogen-bond donors (Lipinski definition) is 1. The molecule has 0 unspecified atom stereocenters. The summed E-state index contributed by atoms with van der Waals surface area (Å²) in [5, 5.41) is 12.5. The van der Waals surface area contributed by atoms with Crippen molar-refractivity contribution < 1.29 is 32.0 Å². The molecule has 0 saturated heterocycles. The maximum atomic E-state index is 15.2. The Balaban J connectivity index is 7.10. The van der Waals surface area contributed by atoms with Crippen LogP contribution in [0, 0.1) is 11.8 Å². The molecule has 0 aromatic carbocycles. The fourth-order valence-electron chi connectivity index (χ4n) is 9.06. The zero-order chi connectivity index (χ0) is 48.5. The van der Waals surface area contributed by atoms with Gasteiger partial charge in [-0.05, 0) is 150 Å². The van der Waals surface area contributed by atoms with Gasteiger partial charge in [0.25, 0.3) is 0 Å². The van der Waals surface area contributed by atoms with E-state index in [0.29, 0.717) is 12.3 Å². The van der Waals surface area contributed by atoms with Gasteiger partial charge in [-0.25, -0.2) is 0 Å². The summed E-state index contributed by atoms with van der Waals surface area (Å²) in [4.78, 5) is 15.2. The Hall–Kier alpha value is -0.00558. The van der Waals surface area contributed by atoms with Crippen LogP contribution in [0.4, 0.5) is 0 Å². The largest absolute Gasteiger partial charge is 0.417 e. The van der Waals surface area contributed by atoms with Gasteiger partial charge in [0.15, 0.2) is 47.4 Å². The smallest absolute Gasteiger partial charge is 0.193 e. The van der Waals surface area contributed by atoms with Gasteiger partial charge < -0.3 is 27.2 Å². The number of aliphatic hydroxyl groups excluding tert-OH is 1. The number of carbonyl (C=O) groups is 1. The lowest BCUT2D eigenvalue weighted by Crippen LogP contribution is -2.55. The summed E-state index contributed by atoms with van der Waals surface area (Å²) < 4.78 is 35.3. The van der Waals surface area contributed by atoms with E-state index < -0.39 is 65.5 Å². The van der Waals surface area contributed by atoms with Gasteiger partial charge >= 0.3 is 0 Å². The lowest BCUT2D eigenvalue weighted by atomic mass is 9.85. The van der Waals surface area contributed by atoms with Crippen molar-refractivity contribution in [3.05, 3.63) is 23.8 Å². The van der Waals surface area contributed by atoms with Crippen LogP contribution in [0.25, 0.3) is 0 Å². The number of allylic oxidation sites excluding steroid dienone is 2. The topological polar surface area (TPSA) is 83.5 Å². The Morgan fingerprint density at radius 2 is 1.15 bits per heavy atom. The van der Waals surface area contributed by atoms with Gasteiger partial charge in [-0.2, -0.15) is 0 Å². The molecule has 368 valence electrons. The minimum Gasteiger partial charge on any atom is -0.417 e. The van der Waals surface area contributed by atoms with Crippen LogP contribution in [0.3, 0.4) is 0 Å². The molecule has 0 bridgehead atoms. The highest BCUT2D eigenvalue weighted by atomic mass is 28.4. The number of ketones is 1. The Bertz CT molecular complexity index is 1300. The molecule has 1 N–H and O–H groups in total. The summed E-state index contributed by atoms with van der Waals surface area (Å²) in [7, 11) is -10.2. The maximum absolute atomic E-state index is 15.2. The first-order valence-corrected chi connectivity index (χ1v) is 39.3. The van der Waals surface area contributed by atoms with Gasteiger partial charge in [-0.3, -0.25) is 4.79 Å². The van der Waals surface area contributed by atoms with E-state index in [0.717, 1.165) is 91.4 Å². The van der Waals surface area contributed by atoms with Crippen LogP contribution in [0.1, 0.15) is 150 Å². The quantitative estimate of drug-likeness (QED) is 0.0508. The molecule has 0 aliphatic rings. The second-order valence-electron chi connectivity index (χ2n) is 22.2. The molecule has 62 heavy (non-hydrogen) atoms. The number of Topliss-reactive ketones (excluding diaryl/α,β-unsaturated/α-hetero) is 1. The van der Waals surface area contributed by atoms with Crippen molar-refractivity contribution >= 4 is 47.4 Å². The van der Waals surface area contributed by atoms with E-state index in [4.69, 9.17) is 22.1 Å². The van der Waals surface area contributed by atoms with Crippen LogP contribution in [-0.4, -0.2) is 89.1 Å². The average molecular weight is 960 g/mol. The van der Waals surface area contributed by atoms with Gasteiger partial charge in [-0.1, -0.05) is 115 Å². The highest BCUT2D eigenvalue weighted by molar-refractivity contribution is 6.75. The third kappa shape index (κ3) is 19.7. The molecule has 0 aromatic rings. The van der Waals surface area contributed by atoms with Crippen LogP contribution in [0.15, 0.2) is 23.8 Å². The number of aliphatic hydroxyl groups is 1. The van der Waals surface area contributed by atoms with Crippen molar-refractivity contribution in [2.75, 3.05) is 6.61 Å². The maximum Gasteiger partial charge on any atom is 0.193 e. The summed E-state index contributed by atoms with van der Waals surface area (Å²) in [6.07, 6.45) is 3.11. The molecule has 0 spiro atoms. The summed E-state index contributed by atoms with van der Waals surface area (Å²) in [5.41, 5.74) is 1.35. The van der Waals surface area contributed by atoms with E-state index in [1.807, 2.05) is 0 Å². The molecule has 0 saturated carbocycles. The first-order valence-electron chi connectivity index (χ1n) is 25.4. The van der Waals surface area contributed by atoms with Crippen molar-refractivity contribution in [2.45, 2.75) is 272 Å². The summed E-state index contributed by atoms with van der Waals surface area (Å²) in [6.45, 7) is 54.7. The van der Waals surface area contributed by atoms with Crippen molar-refractivity contribution in [1.29, 1.82) is 0 Å². The molecule has 0 fully saturated rings. The van der Waals surface area contributed by atoms with Crippen molar-refractivity contribution in [3.63, 3.8) is 0 Å². The number of hydrogen-bond acceptors (Lipinski definition) is 7. The first-order chi connectivity index (χ1) is 28.4. The van der Waals surface area contributed by atoms with Crippen LogP contribution in [-0.2, 0) is 26.9 Å². The van der Waals surface area contributed by atoms with Gasteiger partial charge in [0, 0.05) is 25.6 Å². The van der Waals surface area contributed by atoms with E-state index in [1.165, 1.54) is 0 Å². The van der Waals surface area contributed by atoms with E-state index in [2.05, 4.69) is 163 Å². The van der Waals surface area contributed by atoms with E-state index >= 15 is 4.79 Å². The zero-order valence-electron chi connectivity index (χ0n) is 45.3. The first kappa shape index (κ1) is 62.0. The van der Waals surface area contributed by atoms with Gasteiger partial charge in [0.2, 0.25) is 0 Å². The highest BCUT2D eigenvalue weighted by Gasteiger charge is 2.46. The number of rotatable bonds is 34. The fourth-order valence-corrected chi connectivity index (χ4v) is 20.3. The molecule has 7 nitrogen and oxygen atoms in total. The third-order valence-corrected chi connectivity index (χ3v) is 34.9. The highest BCUT2D eigenvalue weighted by Crippen LogP contribution is 2.40. The summed E-state index contributed by atoms with van der Waals surface area (Å²) in [6, 6.07) is 8.73. The Morgan fingerprint density at radius 1 is 0.694 bits per heavy atom. The van der Waals surface area contributed by atoms with E-state index in [-0.39, 0.29) is 29.3 Å². The second-order valence-corrected chi connectivity index (χ2v) is 45.6. The molecule has 7 atom stereocenters.